The largest absolute Gasteiger partial charge is 0.497 e. The van der Waals surface area contributed by atoms with E-state index in [9.17, 15) is 14.4 Å². The Hall–Kier alpha value is -3.81. The van der Waals surface area contributed by atoms with Gasteiger partial charge in [-0.25, -0.2) is 4.79 Å². The highest BCUT2D eigenvalue weighted by atomic mass is 16.6. The van der Waals surface area contributed by atoms with Gasteiger partial charge in [-0.3, -0.25) is 9.59 Å². The summed E-state index contributed by atoms with van der Waals surface area (Å²) in [6, 6.07) is 11.2. The van der Waals surface area contributed by atoms with Gasteiger partial charge in [-0.05, 0) is 56.3 Å². The maximum atomic E-state index is 12.5. The molecule has 0 spiro atoms. The number of nitrogens with two attached hydrogens (primary N) is 1. The molecule has 0 aliphatic rings. The lowest BCUT2D eigenvalue weighted by Crippen LogP contribution is -2.30. The van der Waals surface area contributed by atoms with Crippen molar-refractivity contribution >= 4 is 34.4 Å². The van der Waals surface area contributed by atoms with Crippen LogP contribution in [0.25, 0.3) is 11.0 Å². The molecule has 1 aromatic heterocycles. The highest BCUT2D eigenvalue weighted by molar-refractivity contribution is 6.00. The Morgan fingerprint density at radius 1 is 1.10 bits per heavy atom. The fourth-order valence-electron chi connectivity index (χ4n) is 2.75. The third kappa shape index (κ3) is 4.21. The van der Waals surface area contributed by atoms with Crippen molar-refractivity contribution in [1.82, 2.24) is 0 Å². The normalized spacial score (nSPS) is 11.7. The summed E-state index contributed by atoms with van der Waals surface area (Å²) in [6.07, 6.45) is -1.07. The molecular formula is C21H20N2O6. The van der Waals surface area contributed by atoms with Gasteiger partial charge in [0.15, 0.2) is 6.10 Å². The second-order valence-corrected chi connectivity index (χ2v) is 6.40. The first-order valence-electron chi connectivity index (χ1n) is 8.79. The van der Waals surface area contributed by atoms with Crippen molar-refractivity contribution < 1.29 is 28.3 Å². The van der Waals surface area contributed by atoms with Crippen molar-refractivity contribution in [1.29, 1.82) is 0 Å². The molecule has 0 aliphatic carbocycles. The number of amides is 2. The number of esters is 1. The van der Waals surface area contributed by atoms with E-state index in [1.165, 1.54) is 31.2 Å². The molecule has 8 heteroatoms. The number of carbonyl (C=O) groups excluding carboxylic acids is 3. The summed E-state index contributed by atoms with van der Waals surface area (Å²) >= 11 is 0. The van der Waals surface area contributed by atoms with Gasteiger partial charge in [0, 0.05) is 22.2 Å². The number of benzene rings is 2. The van der Waals surface area contributed by atoms with Crippen LogP contribution in [0.2, 0.25) is 0 Å². The molecule has 0 radical (unpaired) electrons. The quantitative estimate of drug-likeness (QED) is 0.618. The molecule has 0 aliphatic heterocycles. The first kappa shape index (κ1) is 19.9. The minimum absolute atomic E-state index is 0.0266. The molecule has 3 rings (SSSR count). The zero-order valence-corrected chi connectivity index (χ0v) is 16.1. The van der Waals surface area contributed by atoms with E-state index in [0.717, 1.165) is 5.39 Å². The van der Waals surface area contributed by atoms with E-state index < -0.39 is 23.9 Å². The van der Waals surface area contributed by atoms with Crippen LogP contribution in [0, 0.1) is 6.92 Å². The molecule has 1 atom stereocenters. The summed E-state index contributed by atoms with van der Waals surface area (Å²) < 4.78 is 16.0. The van der Waals surface area contributed by atoms with Crippen LogP contribution in [0.15, 0.2) is 46.9 Å². The Morgan fingerprint density at radius 2 is 1.79 bits per heavy atom. The fourth-order valence-corrected chi connectivity index (χ4v) is 2.75. The highest BCUT2D eigenvalue weighted by Gasteiger charge is 2.24. The monoisotopic (exact) mass is 396 g/mol. The maximum Gasteiger partial charge on any atom is 0.375 e. The van der Waals surface area contributed by atoms with Gasteiger partial charge in [0.1, 0.15) is 11.3 Å². The van der Waals surface area contributed by atoms with Crippen LogP contribution in [-0.2, 0) is 9.53 Å². The zero-order valence-electron chi connectivity index (χ0n) is 16.1. The topological polar surface area (TPSA) is 121 Å². The fraction of sp³-hybridized carbons (Fsp3) is 0.190. The van der Waals surface area contributed by atoms with E-state index in [-0.39, 0.29) is 5.76 Å². The number of primary amides is 1. The lowest BCUT2D eigenvalue weighted by atomic mass is 10.1. The number of anilines is 1. The van der Waals surface area contributed by atoms with Gasteiger partial charge in [0.05, 0.1) is 7.11 Å². The molecule has 2 amide bonds. The number of methoxy groups -OCH3 is 1. The average Bonchev–Trinajstić information content (AvgIpc) is 3.04. The van der Waals surface area contributed by atoms with Crippen LogP contribution in [0.4, 0.5) is 5.69 Å². The van der Waals surface area contributed by atoms with Gasteiger partial charge in [0.2, 0.25) is 11.7 Å². The van der Waals surface area contributed by atoms with Crippen molar-refractivity contribution in [2.24, 2.45) is 5.73 Å². The molecule has 0 bridgehead atoms. The summed E-state index contributed by atoms with van der Waals surface area (Å²) in [4.78, 5) is 35.9. The molecule has 1 unspecified atom stereocenters. The molecule has 1 heterocycles. The van der Waals surface area contributed by atoms with Crippen LogP contribution < -0.4 is 15.8 Å². The number of nitrogens with one attached hydrogen (secondary N) is 1. The van der Waals surface area contributed by atoms with E-state index in [1.54, 1.807) is 32.2 Å². The summed E-state index contributed by atoms with van der Waals surface area (Å²) in [5.74, 6) is -1.18. The van der Waals surface area contributed by atoms with Crippen LogP contribution in [0.1, 0.15) is 33.4 Å². The number of carbonyl (C=O) groups is 3. The van der Waals surface area contributed by atoms with Gasteiger partial charge in [0.25, 0.3) is 5.91 Å². The van der Waals surface area contributed by atoms with Crippen LogP contribution >= 0.6 is 0 Å². The molecule has 0 saturated carbocycles. The number of aryl methyl sites for hydroxylation is 1. The predicted molar refractivity (Wildman–Crippen MR) is 106 cm³/mol. The lowest BCUT2D eigenvalue weighted by Gasteiger charge is -2.13. The highest BCUT2D eigenvalue weighted by Crippen LogP contribution is 2.29. The molecule has 29 heavy (non-hydrogen) atoms. The van der Waals surface area contributed by atoms with Crippen molar-refractivity contribution in [3.63, 3.8) is 0 Å². The number of fused-ring (bicyclic) bond motifs is 1. The predicted octanol–water partition coefficient (Wildman–Crippen LogP) is 3.03. The SMILES string of the molecule is COc1ccc2oc(C(=O)OC(C)C(=O)Nc3ccc(C(N)=O)cc3)c(C)c2c1. The number of hydrogen-bond acceptors (Lipinski definition) is 6. The summed E-state index contributed by atoms with van der Waals surface area (Å²) in [5, 5.41) is 3.33. The minimum Gasteiger partial charge on any atom is -0.497 e. The van der Waals surface area contributed by atoms with Crippen molar-refractivity contribution in [3.05, 3.63) is 59.4 Å². The maximum absolute atomic E-state index is 12.5. The second kappa shape index (κ2) is 8.05. The number of hydrogen-bond donors (Lipinski definition) is 2. The molecule has 3 aromatic rings. The third-order valence-corrected chi connectivity index (χ3v) is 4.42. The van der Waals surface area contributed by atoms with E-state index in [1.807, 2.05) is 0 Å². The molecule has 2 aromatic carbocycles. The minimum atomic E-state index is -1.07. The molecule has 0 saturated heterocycles. The first-order valence-corrected chi connectivity index (χ1v) is 8.79. The van der Waals surface area contributed by atoms with Crippen LogP contribution in [0.5, 0.6) is 5.75 Å². The van der Waals surface area contributed by atoms with Crippen molar-refractivity contribution in [2.45, 2.75) is 20.0 Å². The van der Waals surface area contributed by atoms with E-state index in [4.69, 9.17) is 19.6 Å². The van der Waals surface area contributed by atoms with Gasteiger partial charge < -0.3 is 24.9 Å². The van der Waals surface area contributed by atoms with E-state index >= 15 is 0 Å². The Kier molecular flexibility index (Phi) is 5.54. The van der Waals surface area contributed by atoms with Gasteiger partial charge >= 0.3 is 5.97 Å². The summed E-state index contributed by atoms with van der Waals surface area (Å²) in [7, 11) is 1.55. The number of rotatable bonds is 6. The Balaban J connectivity index is 1.69. The Bertz CT molecular complexity index is 1080. The van der Waals surface area contributed by atoms with Gasteiger partial charge in [-0.15, -0.1) is 0 Å². The van der Waals surface area contributed by atoms with E-state index in [0.29, 0.717) is 28.1 Å². The zero-order chi connectivity index (χ0) is 21.1. The molecular weight excluding hydrogens is 376 g/mol. The second-order valence-electron chi connectivity index (χ2n) is 6.40. The van der Waals surface area contributed by atoms with Crippen LogP contribution in [0.3, 0.4) is 0 Å². The van der Waals surface area contributed by atoms with Gasteiger partial charge in [-0.2, -0.15) is 0 Å². The molecule has 0 fully saturated rings. The van der Waals surface area contributed by atoms with Crippen molar-refractivity contribution in [2.75, 3.05) is 12.4 Å². The molecule has 3 N–H and O–H groups in total. The van der Waals surface area contributed by atoms with E-state index in [2.05, 4.69) is 5.32 Å². The third-order valence-electron chi connectivity index (χ3n) is 4.42. The Labute approximate surface area is 166 Å². The van der Waals surface area contributed by atoms with Gasteiger partial charge in [-0.1, -0.05) is 0 Å². The standard InChI is InChI=1S/C21H20N2O6/c1-11-16-10-15(27-3)8-9-17(16)29-18(11)21(26)28-12(2)20(25)23-14-6-4-13(5-7-14)19(22)24/h4-10,12H,1-3H3,(H2,22,24)(H,23,25). The molecule has 8 nitrogen and oxygen atoms in total. The summed E-state index contributed by atoms with van der Waals surface area (Å²) in [5.41, 5.74) is 7.05. The number of furan rings is 1. The van der Waals surface area contributed by atoms with Crippen molar-refractivity contribution in [3.8, 4) is 5.75 Å². The van der Waals surface area contributed by atoms with Crippen LogP contribution in [-0.4, -0.2) is 31.0 Å². The smallest absolute Gasteiger partial charge is 0.375 e. The lowest BCUT2D eigenvalue weighted by molar-refractivity contribution is -0.123. The Morgan fingerprint density at radius 3 is 2.41 bits per heavy atom. The molecule has 150 valence electrons. The first-order chi connectivity index (χ1) is 13.8. The summed E-state index contributed by atoms with van der Waals surface area (Å²) in [6.45, 7) is 3.18. The number of ether oxygens (including phenoxy) is 2. The average molecular weight is 396 g/mol.